The lowest BCUT2D eigenvalue weighted by molar-refractivity contribution is 0.0184. The number of amides is 1. The van der Waals surface area contributed by atoms with Gasteiger partial charge in [0.2, 0.25) is 0 Å². The van der Waals surface area contributed by atoms with Crippen molar-refractivity contribution in [2.45, 2.75) is 66.9 Å². The smallest absolute Gasteiger partial charge is 0.410 e. The van der Waals surface area contributed by atoms with Gasteiger partial charge in [-0.05, 0) is 59.9 Å². The first-order valence-corrected chi connectivity index (χ1v) is 9.73. The first-order chi connectivity index (χ1) is 12.3. The SMILES string of the molecule is C/C=C\C=C(/C)CNCC1CCN(C(=O)OC(C)(C)C)CC1.CC.CO. The Labute approximate surface area is 161 Å². The van der Waals surface area contributed by atoms with Gasteiger partial charge in [-0.3, -0.25) is 0 Å². The summed E-state index contributed by atoms with van der Waals surface area (Å²) in [5.74, 6) is 0.646. The van der Waals surface area contributed by atoms with Gasteiger partial charge < -0.3 is 20.1 Å². The summed E-state index contributed by atoms with van der Waals surface area (Å²) in [7, 11) is 1.00. The highest BCUT2D eigenvalue weighted by molar-refractivity contribution is 5.68. The average Bonchev–Trinajstić information content (AvgIpc) is 2.62. The second-order valence-corrected chi connectivity index (χ2v) is 7.08. The van der Waals surface area contributed by atoms with Crippen LogP contribution in [-0.2, 0) is 4.74 Å². The van der Waals surface area contributed by atoms with Crippen molar-refractivity contribution in [1.29, 1.82) is 0 Å². The van der Waals surface area contributed by atoms with E-state index in [1.54, 1.807) is 0 Å². The van der Waals surface area contributed by atoms with E-state index in [0.29, 0.717) is 5.92 Å². The minimum atomic E-state index is -0.410. The minimum absolute atomic E-state index is 0.177. The number of nitrogens with one attached hydrogen (secondary N) is 1. The highest BCUT2D eigenvalue weighted by Crippen LogP contribution is 2.19. The van der Waals surface area contributed by atoms with Crippen LogP contribution >= 0.6 is 0 Å². The molecule has 0 bridgehead atoms. The summed E-state index contributed by atoms with van der Waals surface area (Å²) >= 11 is 0. The van der Waals surface area contributed by atoms with Crippen molar-refractivity contribution in [3.05, 3.63) is 23.8 Å². The average molecular weight is 371 g/mol. The molecule has 1 aliphatic heterocycles. The van der Waals surface area contributed by atoms with Crippen molar-refractivity contribution in [3.63, 3.8) is 0 Å². The summed E-state index contributed by atoms with van der Waals surface area (Å²) in [6, 6.07) is 0. The maximum Gasteiger partial charge on any atom is 0.410 e. The van der Waals surface area contributed by atoms with E-state index in [4.69, 9.17) is 9.84 Å². The molecule has 0 aromatic rings. The number of aliphatic hydroxyl groups is 1. The molecule has 1 saturated heterocycles. The third kappa shape index (κ3) is 13.9. The van der Waals surface area contributed by atoms with Crippen LogP contribution in [0.1, 0.15) is 61.3 Å². The number of allylic oxidation sites excluding steroid dienone is 3. The Morgan fingerprint density at radius 1 is 1.23 bits per heavy atom. The second-order valence-electron chi connectivity index (χ2n) is 7.08. The quantitative estimate of drug-likeness (QED) is 0.705. The van der Waals surface area contributed by atoms with Crippen molar-refractivity contribution in [2.24, 2.45) is 5.92 Å². The lowest BCUT2D eigenvalue weighted by Gasteiger charge is -2.33. The molecule has 1 rings (SSSR count). The fourth-order valence-electron chi connectivity index (χ4n) is 2.44. The van der Waals surface area contributed by atoms with Gasteiger partial charge in [-0.1, -0.05) is 37.6 Å². The summed E-state index contributed by atoms with van der Waals surface area (Å²) in [4.78, 5) is 13.8. The number of likely N-dealkylation sites (tertiary alicyclic amines) is 1. The molecule has 5 nitrogen and oxygen atoms in total. The van der Waals surface area contributed by atoms with Crippen LogP contribution in [0.5, 0.6) is 0 Å². The van der Waals surface area contributed by atoms with E-state index in [0.717, 1.165) is 46.1 Å². The highest BCUT2D eigenvalue weighted by atomic mass is 16.6. The van der Waals surface area contributed by atoms with Gasteiger partial charge in [0.25, 0.3) is 0 Å². The predicted octanol–water partition coefficient (Wildman–Crippen LogP) is 4.38. The molecule has 0 aromatic carbocycles. The van der Waals surface area contributed by atoms with Crippen LogP contribution in [0.3, 0.4) is 0 Å². The third-order valence-electron chi connectivity index (χ3n) is 3.68. The van der Waals surface area contributed by atoms with Crippen LogP contribution in [0.4, 0.5) is 4.79 Å². The molecule has 1 aliphatic rings. The molecule has 0 aliphatic carbocycles. The van der Waals surface area contributed by atoms with Gasteiger partial charge in [-0.2, -0.15) is 0 Å². The van der Waals surface area contributed by atoms with E-state index in [2.05, 4.69) is 24.4 Å². The maximum atomic E-state index is 12.0. The Kier molecular flexibility index (Phi) is 16.4. The van der Waals surface area contributed by atoms with Gasteiger partial charge in [0.05, 0.1) is 0 Å². The van der Waals surface area contributed by atoms with Crippen LogP contribution in [0, 0.1) is 5.92 Å². The van der Waals surface area contributed by atoms with Gasteiger partial charge in [0.15, 0.2) is 0 Å². The topological polar surface area (TPSA) is 61.8 Å². The lowest BCUT2D eigenvalue weighted by atomic mass is 9.97. The van der Waals surface area contributed by atoms with E-state index in [1.165, 1.54) is 5.57 Å². The van der Waals surface area contributed by atoms with Crippen molar-refractivity contribution in [1.82, 2.24) is 10.2 Å². The first kappa shape index (κ1) is 26.9. The Bertz CT molecular complexity index is 404. The van der Waals surface area contributed by atoms with Crippen molar-refractivity contribution in [3.8, 4) is 0 Å². The Morgan fingerprint density at radius 3 is 2.23 bits per heavy atom. The highest BCUT2D eigenvalue weighted by Gasteiger charge is 2.26. The number of aliphatic hydroxyl groups excluding tert-OH is 1. The number of carbonyl (C=O) groups is 1. The number of piperidine rings is 1. The Morgan fingerprint density at radius 2 is 1.77 bits per heavy atom. The first-order valence-electron chi connectivity index (χ1n) is 9.73. The normalized spacial score (nSPS) is 15.7. The third-order valence-corrected chi connectivity index (χ3v) is 3.68. The van der Waals surface area contributed by atoms with E-state index in [-0.39, 0.29) is 6.09 Å². The summed E-state index contributed by atoms with van der Waals surface area (Å²) in [6.45, 7) is 17.4. The standard InChI is InChI=1S/C18H32N2O2.C2H6.CH4O/c1-6-7-8-15(2)13-19-14-16-9-11-20(12-10-16)17(21)22-18(3,4)5;2*1-2/h6-8,16,19H,9-14H2,1-5H3;1-2H3;2H,1H3/b7-6-,15-8+;;. The van der Waals surface area contributed by atoms with E-state index >= 15 is 0 Å². The number of carbonyl (C=O) groups excluding carboxylic acids is 1. The molecule has 0 aromatic heterocycles. The summed E-state index contributed by atoms with van der Waals surface area (Å²) < 4.78 is 5.42. The van der Waals surface area contributed by atoms with E-state index in [1.807, 2.05) is 52.5 Å². The Balaban J connectivity index is 0. The molecule has 1 amide bonds. The molecular weight excluding hydrogens is 328 g/mol. The zero-order valence-electron chi connectivity index (χ0n) is 18.3. The molecule has 1 fully saturated rings. The zero-order valence-corrected chi connectivity index (χ0v) is 18.3. The van der Waals surface area contributed by atoms with Crippen LogP contribution in [0.15, 0.2) is 23.8 Å². The maximum absolute atomic E-state index is 12.0. The van der Waals surface area contributed by atoms with E-state index < -0.39 is 5.60 Å². The lowest BCUT2D eigenvalue weighted by Crippen LogP contribution is -2.43. The number of ether oxygens (including phenoxy) is 1. The molecule has 5 heteroatoms. The van der Waals surface area contributed by atoms with E-state index in [9.17, 15) is 4.79 Å². The van der Waals surface area contributed by atoms with Crippen molar-refractivity contribution in [2.75, 3.05) is 33.3 Å². The molecule has 26 heavy (non-hydrogen) atoms. The van der Waals surface area contributed by atoms with Crippen molar-refractivity contribution < 1.29 is 14.6 Å². The van der Waals surface area contributed by atoms with Gasteiger partial charge in [-0.15, -0.1) is 0 Å². The number of nitrogens with zero attached hydrogens (tertiary/aromatic N) is 1. The summed E-state index contributed by atoms with van der Waals surface area (Å²) in [5, 5.41) is 10.5. The molecule has 0 atom stereocenters. The molecule has 0 spiro atoms. The molecule has 0 radical (unpaired) electrons. The molecule has 0 unspecified atom stereocenters. The van der Waals surface area contributed by atoms with Crippen LogP contribution in [-0.4, -0.2) is 55.0 Å². The summed E-state index contributed by atoms with van der Waals surface area (Å²) in [5.41, 5.74) is 0.927. The summed E-state index contributed by atoms with van der Waals surface area (Å²) in [6.07, 6.45) is 8.15. The molecular formula is C21H42N2O3. The number of hydrogen-bond donors (Lipinski definition) is 2. The fourth-order valence-corrected chi connectivity index (χ4v) is 2.44. The molecule has 0 saturated carbocycles. The van der Waals surface area contributed by atoms with Crippen LogP contribution < -0.4 is 5.32 Å². The minimum Gasteiger partial charge on any atom is -0.444 e. The number of hydrogen-bond acceptors (Lipinski definition) is 4. The van der Waals surface area contributed by atoms with Gasteiger partial charge in [-0.25, -0.2) is 4.79 Å². The molecule has 1 heterocycles. The molecule has 2 N–H and O–H groups in total. The van der Waals surface area contributed by atoms with Crippen LogP contribution in [0.2, 0.25) is 0 Å². The van der Waals surface area contributed by atoms with Gasteiger partial charge in [0.1, 0.15) is 5.60 Å². The zero-order chi connectivity index (χ0) is 20.6. The largest absolute Gasteiger partial charge is 0.444 e. The fraction of sp³-hybridized carbons (Fsp3) is 0.762. The number of rotatable bonds is 5. The Hall–Kier alpha value is -1.33. The van der Waals surface area contributed by atoms with Crippen LogP contribution in [0.25, 0.3) is 0 Å². The predicted molar refractivity (Wildman–Crippen MR) is 111 cm³/mol. The monoisotopic (exact) mass is 370 g/mol. The van der Waals surface area contributed by atoms with Gasteiger partial charge in [0, 0.05) is 26.7 Å². The molecule has 154 valence electrons. The van der Waals surface area contributed by atoms with Crippen molar-refractivity contribution >= 4 is 6.09 Å². The second kappa shape index (κ2) is 15.9. The van der Waals surface area contributed by atoms with Gasteiger partial charge >= 0.3 is 6.09 Å².